The van der Waals surface area contributed by atoms with Gasteiger partial charge in [-0.2, -0.15) is 8.42 Å². The van der Waals surface area contributed by atoms with E-state index >= 15 is 0 Å². The third kappa shape index (κ3) is 4.64. The standard InChI is InChI=1S/C18H23NO3S/c1-3-14(12-13(2)15-4-8-17(19)9-5-15)16-6-10-18(11-7-16)23(20,21)22/h4-11,13-14H,3,12,19H2,1-2H3,(H,20,21,22)/p+1. The number of benzene rings is 2. The van der Waals surface area contributed by atoms with E-state index in [0.717, 1.165) is 24.1 Å². The van der Waals surface area contributed by atoms with Crippen molar-refractivity contribution in [2.24, 2.45) is 0 Å². The fourth-order valence-corrected chi connectivity index (χ4v) is 3.34. The molecule has 2 unspecified atom stereocenters. The van der Waals surface area contributed by atoms with E-state index in [1.54, 1.807) is 12.1 Å². The smallest absolute Gasteiger partial charge is 0.294 e. The topological polar surface area (TPSA) is 82.0 Å². The van der Waals surface area contributed by atoms with E-state index in [-0.39, 0.29) is 4.90 Å². The Morgan fingerprint density at radius 3 is 2.00 bits per heavy atom. The quantitative estimate of drug-likeness (QED) is 0.793. The lowest BCUT2D eigenvalue weighted by molar-refractivity contribution is -0.254. The fraction of sp³-hybridized carbons (Fsp3) is 0.333. The van der Waals surface area contributed by atoms with Gasteiger partial charge in [-0.3, -0.25) is 4.55 Å². The molecule has 2 aromatic carbocycles. The maximum absolute atomic E-state index is 11.1. The molecule has 4 nitrogen and oxygen atoms in total. The molecule has 2 rings (SSSR count). The lowest BCUT2D eigenvalue weighted by Crippen LogP contribution is -2.39. The Labute approximate surface area is 138 Å². The summed E-state index contributed by atoms with van der Waals surface area (Å²) >= 11 is 0. The van der Waals surface area contributed by atoms with Crippen LogP contribution in [0.5, 0.6) is 0 Å². The summed E-state index contributed by atoms with van der Waals surface area (Å²) in [6.45, 7) is 4.33. The van der Waals surface area contributed by atoms with E-state index in [2.05, 4.69) is 31.7 Å². The van der Waals surface area contributed by atoms with Crippen LogP contribution in [-0.2, 0) is 10.1 Å². The molecule has 0 spiro atoms. The van der Waals surface area contributed by atoms with Crippen LogP contribution in [0.3, 0.4) is 0 Å². The summed E-state index contributed by atoms with van der Waals surface area (Å²) in [6, 6.07) is 14.8. The average Bonchev–Trinajstić information content (AvgIpc) is 2.52. The SMILES string of the molecule is CCC(CC(C)c1ccc([NH3+])cc1)c1ccc(S(=O)(=O)O)cc1. The van der Waals surface area contributed by atoms with Crippen LogP contribution in [0.2, 0.25) is 0 Å². The van der Waals surface area contributed by atoms with Gasteiger partial charge in [-0.1, -0.05) is 38.1 Å². The second-order valence-electron chi connectivity index (χ2n) is 6.03. The molecule has 0 aliphatic rings. The van der Waals surface area contributed by atoms with Gasteiger partial charge < -0.3 is 5.73 Å². The molecule has 5 heteroatoms. The molecule has 0 saturated carbocycles. The summed E-state index contributed by atoms with van der Waals surface area (Å²) in [7, 11) is -4.13. The number of rotatable bonds is 6. The lowest BCUT2D eigenvalue weighted by Gasteiger charge is -2.20. The first kappa shape index (κ1) is 17.7. The highest BCUT2D eigenvalue weighted by atomic mass is 32.2. The molecule has 0 aromatic heterocycles. The predicted molar refractivity (Wildman–Crippen MR) is 91.3 cm³/mol. The van der Waals surface area contributed by atoms with Gasteiger partial charge in [0.1, 0.15) is 5.69 Å². The molecule has 2 atom stereocenters. The highest BCUT2D eigenvalue weighted by Crippen LogP contribution is 2.32. The van der Waals surface area contributed by atoms with Crippen LogP contribution < -0.4 is 5.73 Å². The van der Waals surface area contributed by atoms with Crippen molar-refractivity contribution in [2.45, 2.75) is 43.4 Å². The molecule has 0 bridgehead atoms. The van der Waals surface area contributed by atoms with E-state index in [0.29, 0.717) is 11.8 Å². The molecule has 0 saturated heterocycles. The molecule has 0 fully saturated rings. The Hall–Kier alpha value is -1.69. The predicted octanol–water partition coefficient (Wildman–Crippen LogP) is 3.49. The molecule has 0 aliphatic heterocycles. The van der Waals surface area contributed by atoms with Gasteiger partial charge in [0.2, 0.25) is 0 Å². The fourth-order valence-electron chi connectivity index (χ4n) is 2.86. The van der Waals surface area contributed by atoms with E-state index < -0.39 is 10.1 Å². The summed E-state index contributed by atoms with van der Waals surface area (Å²) in [5.41, 5.74) is 7.29. The molecule has 0 aliphatic carbocycles. The summed E-state index contributed by atoms with van der Waals surface area (Å²) < 4.78 is 31.3. The van der Waals surface area contributed by atoms with Gasteiger partial charge in [-0.25, -0.2) is 0 Å². The first-order chi connectivity index (χ1) is 10.8. The van der Waals surface area contributed by atoms with Crippen molar-refractivity contribution in [3.8, 4) is 0 Å². The maximum Gasteiger partial charge on any atom is 0.294 e. The molecule has 2 aromatic rings. The summed E-state index contributed by atoms with van der Waals surface area (Å²) in [5, 5.41) is 0. The summed E-state index contributed by atoms with van der Waals surface area (Å²) in [5.74, 6) is 0.752. The molecular weight excluding hydrogens is 310 g/mol. The Morgan fingerprint density at radius 1 is 1.00 bits per heavy atom. The third-order valence-electron chi connectivity index (χ3n) is 4.33. The van der Waals surface area contributed by atoms with Gasteiger partial charge in [0.25, 0.3) is 10.1 Å². The van der Waals surface area contributed by atoms with Crippen molar-refractivity contribution in [2.75, 3.05) is 0 Å². The van der Waals surface area contributed by atoms with Gasteiger partial charge in [0.15, 0.2) is 0 Å². The van der Waals surface area contributed by atoms with E-state index in [1.165, 1.54) is 17.7 Å². The van der Waals surface area contributed by atoms with Crippen molar-refractivity contribution in [3.05, 3.63) is 59.7 Å². The van der Waals surface area contributed by atoms with Crippen molar-refractivity contribution >= 4 is 15.8 Å². The van der Waals surface area contributed by atoms with Crippen LogP contribution in [0.15, 0.2) is 53.4 Å². The van der Waals surface area contributed by atoms with Crippen LogP contribution in [0, 0.1) is 0 Å². The minimum absolute atomic E-state index is 0.0600. The molecule has 0 amide bonds. The first-order valence-corrected chi connectivity index (χ1v) is 9.24. The third-order valence-corrected chi connectivity index (χ3v) is 5.20. The normalized spacial score (nSPS) is 14.4. The largest absolute Gasteiger partial charge is 0.325 e. The zero-order chi connectivity index (χ0) is 17.0. The van der Waals surface area contributed by atoms with E-state index in [9.17, 15) is 8.42 Å². The van der Waals surface area contributed by atoms with Crippen molar-refractivity contribution < 1.29 is 18.7 Å². The van der Waals surface area contributed by atoms with Crippen molar-refractivity contribution in [1.82, 2.24) is 0 Å². The highest BCUT2D eigenvalue weighted by Gasteiger charge is 2.16. The molecule has 0 radical (unpaired) electrons. The van der Waals surface area contributed by atoms with Gasteiger partial charge in [0.05, 0.1) is 4.90 Å². The van der Waals surface area contributed by atoms with Crippen LogP contribution in [-0.4, -0.2) is 13.0 Å². The molecule has 23 heavy (non-hydrogen) atoms. The zero-order valence-corrected chi connectivity index (χ0v) is 14.4. The summed E-state index contributed by atoms with van der Waals surface area (Å²) in [4.78, 5) is -0.0600. The Bertz CT molecular complexity index is 737. The zero-order valence-electron chi connectivity index (χ0n) is 13.6. The molecular formula is C18H24NO3S+. The van der Waals surface area contributed by atoms with Crippen molar-refractivity contribution in [3.63, 3.8) is 0 Å². The van der Waals surface area contributed by atoms with Gasteiger partial charge in [0, 0.05) is 0 Å². The second kappa shape index (κ2) is 7.25. The van der Waals surface area contributed by atoms with Gasteiger partial charge in [-0.05, 0) is 60.1 Å². The Morgan fingerprint density at radius 2 is 1.52 bits per heavy atom. The van der Waals surface area contributed by atoms with Gasteiger partial charge >= 0.3 is 0 Å². The van der Waals surface area contributed by atoms with Crippen LogP contribution in [0.25, 0.3) is 0 Å². The van der Waals surface area contributed by atoms with E-state index in [1.807, 2.05) is 12.1 Å². The molecule has 0 heterocycles. The number of quaternary nitrogens is 1. The summed E-state index contributed by atoms with van der Waals surface area (Å²) in [6.07, 6.45) is 1.96. The Balaban J connectivity index is 2.14. The minimum Gasteiger partial charge on any atom is -0.325 e. The minimum atomic E-state index is -4.13. The average molecular weight is 334 g/mol. The van der Waals surface area contributed by atoms with E-state index in [4.69, 9.17) is 4.55 Å². The van der Waals surface area contributed by atoms with Crippen LogP contribution in [0.1, 0.15) is 49.7 Å². The second-order valence-corrected chi connectivity index (χ2v) is 7.45. The highest BCUT2D eigenvalue weighted by molar-refractivity contribution is 7.85. The number of hydrogen-bond donors (Lipinski definition) is 2. The first-order valence-electron chi connectivity index (χ1n) is 7.80. The Kier molecular flexibility index (Phi) is 5.57. The van der Waals surface area contributed by atoms with Crippen LogP contribution in [0.4, 0.5) is 5.69 Å². The molecule has 124 valence electrons. The molecule has 4 N–H and O–H groups in total. The van der Waals surface area contributed by atoms with Gasteiger partial charge in [-0.15, -0.1) is 0 Å². The monoisotopic (exact) mass is 334 g/mol. The maximum atomic E-state index is 11.1. The number of hydrogen-bond acceptors (Lipinski definition) is 2. The lowest BCUT2D eigenvalue weighted by atomic mass is 9.84. The van der Waals surface area contributed by atoms with Crippen molar-refractivity contribution in [1.29, 1.82) is 0 Å². The van der Waals surface area contributed by atoms with Crippen LogP contribution >= 0.6 is 0 Å².